The van der Waals surface area contributed by atoms with Crippen molar-refractivity contribution in [3.63, 3.8) is 0 Å². The van der Waals surface area contributed by atoms with Crippen molar-refractivity contribution in [3.05, 3.63) is 18.2 Å². The fraction of sp³-hybridized carbons (Fsp3) is 0.778. The average Bonchev–Trinajstić information content (AvgIpc) is 2.41. The highest BCUT2D eigenvalue weighted by Gasteiger charge is 2.38. The topological polar surface area (TPSA) is 26.3 Å². The summed E-state index contributed by atoms with van der Waals surface area (Å²) in [6.07, 6.45) is 11.7. The van der Waals surface area contributed by atoms with E-state index in [0.717, 1.165) is 13.0 Å². The predicted molar refractivity (Wildman–Crippen MR) is 92.6 cm³/mol. The molecule has 0 aromatic heterocycles. The number of rotatable bonds is 6. The van der Waals surface area contributed by atoms with Gasteiger partial charge in [0, 0.05) is 12.7 Å². The van der Waals surface area contributed by atoms with E-state index in [-0.39, 0.29) is 5.04 Å². The van der Waals surface area contributed by atoms with Crippen molar-refractivity contribution in [2.75, 3.05) is 6.61 Å². The molecule has 0 aromatic rings. The molecule has 21 heavy (non-hydrogen) atoms. The zero-order valence-electron chi connectivity index (χ0n) is 14.4. The Labute approximate surface area is 131 Å². The Morgan fingerprint density at radius 2 is 1.81 bits per heavy atom. The van der Waals surface area contributed by atoms with Gasteiger partial charge < -0.3 is 4.43 Å². The molecule has 0 aliphatic heterocycles. The quantitative estimate of drug-likeness (QED) is 0.385. The molecule has 120 valence electrons. The third kappa shape index (κ3) is 5.94. The third-order valence-corrected chi connectivity index (χ3v) is 9.77. The van der Waals surface area contributed by atoms with Crippen molar-refractivity contribution >= 4 is 14.3 Å². The molecule has 0 bridgehead atoms. The second-order valence-electron chi connectivity index (χ2n) is 7.82. The van der Waals surface area contributed by atoms with Gasteiger partial charge >= 0.3 is 0 Å². The lowest BCUT2D eigenvalue weighted by atomic mass is 9.78. The van der Waals surface area contributed by atoms with Gasteiger partial charge in [0.15, 0.2) is 8.32 Å². The molecule has 1 aliphatic carbocycles. The summed E-state index contributed by atoms with van der Waals surface area (Å²) in [5.74, 6) is 3.18. The Morgan fingerprint density at radius 3 is 2.38 bits per heavy atom. The molecule has 0 saturated heterocycles. The van der Waals surface area contributed by atoms with Crippen LogP contribution in [0.15, 0.2) is 18.2 Å². The van der Waals surface area contributed by atoms with Gasteiger partial charge in [0.2, 0.25) is 0 Å². The van der Waals surface area contributed by atoms with E-state index in [0.29, 0.717) is 11.8 Å². The zero-order chi connectivity index (χ0) is 15.9. The van der Waals surface area contributed by atoms with Gasteiger partial charge in [-0.15, -0.1) is 0 Å². The molecular formula is C18H32O2Si. The Bertz CT molecular complexity index is 387. The number of hydrogen-bond acceptors (Lipinski definition) is 2. The molecular weight excluding hydrogens is 276 g/mol. The number of allylic oxidation sites excluding steroid dienone is 3. The summed E-state index contributed by atoms with van der Waals surface area (Å²) in [5.41, 5.74) is 0. The summed E-state index contributed by atoms with van der Waals surface area (Å²) in [6, 6.07) is 0. The van der Waals surface area contributed by atoms with Crippen molar-refractivity contribution < 1.29 is 9.22 Å². The molecule has 2 nitrogen and oxygen atoms in total. The molecule has 0 radical (unpaired) electrons. The van der Waals surface area contributed by atoms with E-state index in [2.05, 4.69) is 39.9 Å². The van der Waals surface area contributed by atoms with Crippen molar-refractivity contribution in [1.82, 2.24) is 0 Å². The van der Waals surface area contributed by atoms with Gasteiger partial charge in [-0.1, -0.05) is 45.8 Å². The van der Waals surface area contributed by atoms with E-state index in [9.17, 15) is 4.79 Å². The lowest BCUT2D eigenvalue weighted by Gasteiger charge is -2.39. The predicted octanol–water partition coefficient (Wildman–Crippen LogP) is 5.15. The van der Waals surface area contributed by atoms with E-state index in [1.165, 1.54) is 31.8 Å². The van der Waals surface area contributed by atoms with E-state index >= 15 is 0 Å². The maximum Gasteiger partial charge on any atom is 0.191 e. The molecule has 1 aliphatic rings. The Morgan fingerprint density at radius 1 is 1.19 bits per heavy atom. The lowest BCUT2D eigenvalue weighted by molar-refractivity contribution is 0.140. The van der Waals surface area contributed by atoms with Crippen LogP contribution in [0.5, 0.6) is 0 Å². The first-order valence-corrected chi connectivity index (χ1v) is 11.2. The first-order valence-electron chi connectivity index (χ1n) is 8.28. The number of carbonyl (C=O) groups excluding carboxylic acids is 1. The normalized spacial score (nSPS) is 24.0. The average molecular weight is 309 g/mol. The van der Waals surface area contributed by atoms with Crippen molar-refractivity contribution in [2.45, 2.75) is 71.0 Å². The minimum absolute atomic E-state index is 0.284. The fourth-order valence-corrected chi connectivity index (χ4v) is 3.77. The van der Waals surface area contributed by atoms with E-state index in [1.807, 2.05) is 6.08 Å². The van der Waals surface area contributed by atoms with Crippen LogP contribution in [0.4, 0.5) is 0 Å². The minimum Gasteiger partial charge on any atom is -0.417 e. The molecule has 2 atom stereocenters. The fourth-order valence-electron chi connectivity index (χ4n) is 2.71. The summed E-state index contributed by atoms with van der Waals surface area (Å²) >= 11 is 0. The van der Waals surface area contributed by atoms with Gasteiger partial charge in [0.25, 0.3) is 0 Å². The SMILES string of the molecule is CC(C)(C)[Si](C)(C)OCC1CCCCC1CC=CC=C=O. The smallest absolute Gasteiger partial charge is 0.191 e. The van der Waals surface area contributed by atoms with E-state index in [4.69, 9.17) is 4.43 Å². The molecule has 0 aromatic carbocycles. The van der Waals surface area contributed by atoms with Gasteiger partial charge in [0.05, 0.1) is 0 Å². The van der Waals surface area contributed by atoms with Gasteiger partial charge in [-0.25, -0.2) is 4.79 Å². The van der Waals surface area contributed by atoms with Crippen LogP contribution in [0.3, 0.4) is 0 Å². The van der Waals surface area contributed by atoms with Crippen LogP contribution in [-0.2, 0) is 9.22 Å². The van der Waals surface area contributed by atoms with Crippen molar-refractivity contribution in [2.24, 2.45) is 11.8 Å². The van der Waals surface area contributed by atoms with Gasteiger partial charge in [-0.05, 0) is 49.2 Å². The Balaban J connectivity index is 2.55. The van der Waals surface area contributed by atoms with Crippen LogP contribution in [0.25, 0.3) is 0 Å². The standard InChI is InChI=1S/C18H32O2Si/c1-18(2,3)21(4,5)20-15-17-13-9-8-12-16(17)11-7-6-10-14-19/h6-7,10,16-17H,8-9,11-13,15H2,1-5H3. The van der Waals surface area contributed by atoms with Crippen LogP contribution < -0.4 is 0 Å². The molecule has 2 unspecified atom stereocenters. The minimum atomic E-state index is -1.64. The van der Waals surface area contributed by atoms with Crippen LogP contribution in [-0.4, -0.2) is 20.9 Å². The van der Waals surface area contributed by atoms with Gasteiger partial charge in [-0.2, -0.15) is 0 Å². The van der Waals surface area contributed by atoms with Gasteiger partial charge in [-0.3, -0.25) is 0 Å². The monoisotopic (exact) mass is 308 g/mol. The van der Waals surface area contributed by atoms with E-state index in [1.54, 1.807) is 5.94 Å². The maximum absolute atomic E-state index is 10.2. The van der Waals surface area contributed by atoms with Gasteiger partial charge in [0.1, 0.15) is 5.94 Å². The van der Waals surface area contributed by atoms with Crippen LogP contribution in [0.1, 0.15) is 52.9 Å². The molecule has 1 fully saturated rings. The maximum atomic E-state index is 10.2. The second kappa shape index (κ2) is 8.12. The summed E-state index contributed by atoms with van der Waals surface area (Å²) in [6.45, 7) is 12.5. The Hall–Kier alpha value is -0.633. The van der Waals surface area contributed by atoms with E-state index < -0.39 is 8.32 Å². The molecule has 1 rings (SSSR count). The first-order chi connectivity index (χ1) is 9.78. The summed E-state index contributed by atoms with van der Waals surface area (Å²) in [5, 5.41) is 0.284. The molecule has 1 saturated carbocycles. The number of hydrogen-bond donors (Lipinski definition) is 0. The second-order valence-corrected chi connectivity index (χ2v) is 12.6. The summed E-state index contributed by atoms with van der Waals surface area (Å²) in [4.78, 5) is 10.2. The van der Waals surface area contributed by atoms with Crippen molar-refractivity contribution in [3.8, 4) is 0 Å². The molecule has 0 N–H and O–H groups in total. The molecule has 0 amide bonds. The highest BCUT2D eigenvalue weighted by molar-refractivity contribution is 6.74. The zero-order valence-corrected chi connectivity index (χ0v) is 15.4. The first kappa shape index (κ1) is 18.4. The highest BCUT2D eigenvalue weighted by atomic mass is 28.4. The van der Waals surface area contributed by atoms with Crippen molar-refractivity contribution in [1.29, 1.82) is 0 Å². The largest absolute Gasteiger partial charge is 0.417 e. The summed E-state index contributed by atoms with van der Waals surface area (Å²) < 4.78 is 6.44. The van der Waals surface area contributed by atoms with Crippen LogP contribution in [0, 0.1) is 11.8 Å². The van der Waals surface area contributed by atoms with Crippen LogP contribution >= 0.6 is 0 Å². The van der Waals surface area contributed by atoms with Crippen LogP contribution in [0.2, 0.25) is 18.1 Å². The molecule has 0 heterocycles. The highest BCUT2D eigenvalue weighted by Crippen LogP contribution is 2.39. The molecule has 0 spiro atoms. The summed E-state index contributed by atoms with van der Waals surface area (Å²) in [7, 11) is -1.64. The Kier molecular flexibility index (Phi) is 7.12. The molecule has 3 heteroatoms. The third-order valence-electron chi connectivity index (χ3n) is 5.27. The lowest BCUT2D eigenvalue weighted by Crippen LogP contribution is -2.42.